The summed E-state index contributed by atoms with van der Waals surface area (Å²) in [5, 5.41) is 16.2. The molecule has 0 saturated carbocycles. The molecule has 0 aromatic heterocycles. The van der Waals surface area contributed by atoms with Crippen LogP contribution in [0.4, 0.5) is 29.3 Å². The number of hydrogen-bond acceptors (Lipinski definition) is 2. The van der Waals surface area contributed by atoms with Crippen LogP contribution in [0.5, 0.6) is 5.75 Å². The molecule has 3 aromatic rings. The van der Waals surface area contributed by atoms with Crippen LogP contribution in [0.2, 0.25) is 0 Å². The first-order valence-corrected chi connectivity index (χ1v) is 7.30. The Morgan fingerprint density at radius 3 is 2.32 bits per heavy atom. The van der Waals surface area contributed by atoms with E-state index in [0.717, 1.165) is 22.9 Å². The first-order chi connectivity index (χ1) is 11.8. The predicted molar refractivity (Wildman–Crippen MR) is 89.7 cm³/mol. The zero-order valence-electron chi connectivity index (χ0n) is 12.8. The van der Waals surface area contributed by atoms with Crippen molar-refractivity contribution < 1.29 is 23.1 Å². The number of amides is 2. The molecule has 0 aliphatic carbocycles. The average Bonchev–Trinajstić information content (AvgIpc) is 2.56. The number of alkyl halides is 3. The van der Waals surface area contributed by atoms with Gasteiger partial charge in [0.1, 0.15) is 5.75 Å². The molecule has 0 heterocycles. The molecule has 3 N–H and O–H groups in total. The minimum absolute atomic E-state index is 0.326. The maximum absolute atomic E-state index is 12.7. The number of urea groups is 1. The van der Waals surface area contributed by atoms with Gasteiger partial charge in [-0.1, -0.05) is 36.4 Å². The SMILES string of the molecule is O=C(Nc1cc(C(F)(F)F)ccc1O)Nc1cccc2ccccc12. The zero-order valence-corrected chi connectivity index (χ0v) is 12.8. The van der Waals surface area contributed by atoms with Gasteiger partial charge < -0.3 is 15.7 Å². The summed E-state index contributed by atoms with van der Waals surface area (Å²) in [5.41, 5.74) is -0.791. The number of carbonyl (C=O) groups excluding carboxylic acids is 1. The van der Waals surface area contributed by atoms with Crippen molar-refractivity contribution in [2.45, 2.75) is 6.18 Å². The molecule has 0 saturated heterocycles. The lowest BCUT2D eigenvalue weighted by Gasteiger charge is -2.13. The number of halogens is 3. The van der Waals surface area contributed by atoms with E-state index in [4.69, 9.17) is 0 Å². The summed E-state index contributed by atoms with van der Waals surface area (Å²) in [5.74, 6) is -0.457. The number of nitrogens with one attached hydrogen (secondary N) is 2. The molecular formula is C18H13F3N2O2. The van der Waals surface area contributed by atoms with E-state index in [1.54, 1.807) is 12.1 Å². The van der Waals surface area contributed by atoms with E-state index in [1.165, 1.54) is 0 Å². The van der Waals surface area contributed by atoms with E-state index in [1.807, 2.05) is 30.3 Å². The van der Waals surface area contributed by atoms with Crippen molar-refractivity contribution >= 4 is 28.2 Å². The van der Waals surface area contributed by atoms with Crippen LogP contribution in [0.15, 0.2) is 60.7 Å². The number of carbonyl (C=O) groups is 1. The largest absolute Gasteiger partial charge is 0.506 e. The van der Waals surface area contributed by atoms with Crippen LogP contribution in [0.25, 0.3) is 10.8 Å². The Morgan fingerprint density at radius 2 is 1.56 bits per heavy atom. The lowest BCUT2D eigenvalue weighted by molar-refractivity contribution is -0.137. The number of aromatic hydroxyl groups is 1. The molecule has 0 atom stereocenters. The van der Waals surface area contributed by atoms with Gasteiger partial charge in [0.05, 0.1) is 16.9 Å². The summed E-state index contributed by atoms with van der Waals surface area (Å²) in [6, 6.07) is 14.2. The normalized spacial score (nSPS) is 11.3. The molecule has 0 aliphatic heterocycles. The third-order valence-electron chi connectivity index (χ3n) is 3.61. The van der Waals surface area contributed by atoms with Crippen molar-refractivity contribution in [2.24, 2.45) is 0 Å². The molecule has 7 heteroatoms. The topological polar surface area (TPSA) is 61.4 Å². The number of anilines is 2. The summed E-state index contributed by atoms with van der Waals surface area (Å²) in [7, 11) is 0. The maximum Gasteiger partial charge on any atom is 0.416 e. The Hall–Kier alpha value is -3.22. The summed E-state index contributed by atoms with van der Waals surface area (Å²) in [4.78, 5) is 12.1. The second kappa shape index (κ2) is 6.35. The van der Waals surface area contributed by atoms with Crippen molar-refractivity contribution in [3.05, 3.63) is 66.2 Å². The Bertz CT molecular complexity index is 934. The highest BCUT2D eigenvalue weighted by molar-refractivity contribution is 6.06. The highest BCUT2D eigenvalue weighted by Crippen LogP contribution is 2.34. The van der Waals surface area contributed by atoms with Gasteiger partial charge in [-0.15, -0.1) is 0 Å². The summed E-state index contributed by atoms with van der Waals surface area (Å²) in [6.45, 7) is 0. The second-order valence-electron chi connectivity index (χ2n) is 5.34. The summed E-state index contributed by atoms with van der Waals surface area (Å²) < 4.78 is 38.2. The van der Waals surface area contributed by atoms with Gasteiger partial charge >= 0.3 is 12.2 Å². The van der Waals surface area contributed by atoms with Gasteiger partial charge in [0.15, 0.2) is 0 Å². The van der Waals surface area contributed by atoms with Crippen LogP contribution < -0.4 is 10.6 Å². The molecule has 0 radical (unpaired) electrons. The average molecular weight is 346 g/mol. The summed E-state index contributed by atoms with van der Waals surface area (Å²) >= 11 is 0. The highest BCUT2D eigenvalue weighted by atomic mass is 19.4. The van der Waals surface area contributed by atoms with Crippen LogP contribution in [-0.4, -0.2) is 11.1 Å². The smallest absolute Gasteiger partial charge is 0.416 e. The van der Waals surface area contributed by atoms with Crippen LogP contribution in [0.1, 0.15) is 5.56 Å². The first-order valence-electron chi connectivity index (χ1n) is 7.30. The Labute approximate surface area is 140 Å². The molecular weight excluding hydrogens is 333 g/mol. The van der Waals surface area contributed by atoms with Gasteiger partial charge in [-0.2, -0.15) is 13.2 Å². The van der Waals surface area contributed by atoms with E-state index in [9.17, 15) is 23.1 Å². The number of rotatable bonds is 2. The fraction of sp³-hybridized carbons (Fsp3) is 0.0556. The van der Waals surface area contributed by atoms with Crippen molar-refractivity contribution in [1.29, 1.82) is 0 Å². The number of fused-ring (bicyclic) bond motifs is 1. The predicted octanol–water partition coefficient (Wildman–Crippen LogP) is 5.21. The first kappa shape index (κ1) is 16.6. The lowest BCUT2D eigenvalue weighted by Crippen LogP contribution is -2.20. The Kier molecular flexibility index (Phi) is 4.22. The van der Waals surface area contributed by atoms with E-state index < -0.39 is 23.5 Å². The van der Waals surface area contributed by atoms with Gasteiger partial charge in [0.25, 0.3) is 0 Å². The van der Waals surface area contributed by atoms with Crippen molar-refractivity contribution in [3.63, 3.8) is 0 Å². The molecule has 128 valence electrons. The number of phenolic OH excluding ortho intramolecular Hbond substituents is 1. The van der Waals surface area contributed by atoms with E-state index in [0.29, 0.717) is 11.8 Å². The van der Waals surface area contributed by atoms with Crippen LogP contribution >= 0.6 is 0 Å². The van der Waals surface area contributed by atoms with Crippen LogP contribution in [-0.2, 0) is 6.18 Å². The van der Waals surface area contributed by atoms with Gasteiger partial charge in [0.2, 0.25) is 0 Å². The monoisotopic (exact) mass is 346 g/mol. The molecule has 3 aromatic carbocycles. The minimum Gasteiger partial charge on any atom is -0.506 e. The zero-order chi connectivity index (χ0) is 18.0. The number of hydrogen-bond donors (Lipinski definition) is 3. The molecule has 25 heavy (non-hydrogen) atoms. The summed E-state index contributed by atoms with van der Waals surface area (Å²) in [6.07, 6.45) is -4.57. The van der Waals surface area contributed by atoms with Gasteiger partial charge in [-0.05, 0) is 29.7 Å². The molecule has 2 amide bonds. The fourth-order valence-electron chi connectivity index (χ4n) is 2.42. The molecule has 0 bridgehead atoms. The molecule has 0 spiro atoms. The van der Waals surface area contributed by atoms with Gasteiger partial charge in [-0.3, -0.25) is 0 Å². The quantitative estimate of drug-likeness (QED) is 0.558. The lowest BCUT2D eigenvalue weighted by atomic mass is 10.1. The highest BCUT2D eigenvalue weighted by Gasteiger charge is 2.31. The standard InChI is InChI=1S/C18H13F3N2O2/c19-18(20,21)12-8-9-16(24)15(10-12)23-17(25)22-14-7-3-5-11-4-1-2-6-13(11)14/h1-10,24H,(H2,22,23,25). The third-order valence-corrected chi connectivity index (χ3v) is 3.61. The number of phenols is 1. The van der Waals surface area contributed by atoms with Crippen molar-refractivity contribution in [2.75, 3.05) is 10.6 Å². The third kappa shape index (κ3) is 3.65. The van der Waals surface area contributed by atoms with Crippen LogP contribution in [0.3, 0.4) is 0 Å². The maximum atomic E-state index is 12.7. The Morgan fingerprint density at radius 1 is 0.880 bits per heavy atom. The fourth-order valence-corrected chi connectivity index (χ4v) is 2.42. The van der Waals surface area contributed by atoms with E-state index in [-0.39, 0.29) is 5.69 Å². The minimum atomic E-state index is -4.57. The van der Waals surface area contributed by atoms with E-state index >= 15 is 0 Å². The molecule has 4 nitrogen and oxygen atoms in total. The number of benzene rings is 3. The van der Waals surface area contributed by atoms with Crippen molar-refractivity contribution in [3.8, 4) is 5.75 Å². The van der Waals surface area contributed by atoms with E-state index in [2.05, 4.69) is 10.6 Å². The molecule has 0 unspecified atom stereocenters. The van der Waals surface area contributed by atoms with Crippen molar-refractivity contribution in [1.82, 2.24) is 0 Å². The van der Waals surface area contributed by atoms with Crippen LogP contribution in [0, 0.1) is 0 Å². The van der Waals surface area contributed by atoms with Gasteiger partial charge in [-0.25, -0.2) is 4.79 Å². The second-order valence-corrected chi connectivity index (χ2v) is 5.34. The molecule has 0 fully saturated rings. The van der Waals surface area contributed by atoms with Gasteiger partial charge in [0, 0.05) is 5.39 Å². The molecule has 3 rings (SSSR count). The molecule has 0 aliphatic rings. The Balaban J connectivity index is 1.83.